The topological polar surface area (TPSA) is 90.0 Å². The normalized spacial score (nSPS) is 24.0. The Bertz CT molecular complexity index is 894. The molecule has 140 valence electrons. The van der Waals surface area contributed by atoms with E-state index in [0.717, 1.165) is 25.3 Å². The first-order valence-electron chi connectivity index (χ1n) is 8.73. The average Bonchev–Trinajstić information content (AvgIpc) is 3.31. The molecule has 1 amide bonds. The largest absolute Gasteiger partial charge is 0.354 e. The Balaban J connectivity index is 1.50. The zero-order valence-corrected chi connectivity index (χ0v) is 15.7. The number of amides is 1. The fraction of sp³-hybridized carbons (Fsp3) is 0.444. The molecule has 2 atom stereocenters. The van der Waals surface area contributed by atoms with Crippen LogP contribution >= 0.6 is 11.6 Å². The van der Waals surface area contributed by atoms with Gasteiger partial charge in [-0.15, -0.1) is 6.42 Å². The molecule has 0 aliphatic carbocycles. The smallest absolute Gasteiger partial charge is 0.234 e. The number of H-pyrrole nitrogens is 1. The maximum atomic E-state index is 12.1. The molecule has 0 aromatic carbocycles. The summed E-state index contributed by atoms with van der Waals surface area (Å²) in [4.78, 5) is 25.0. The molecule has 2 fully saturated rings. The van der Waals surface area contributed by atoms with Crippen LogP contribution in [-0.2, 0) is 4.79 Å². The fourth-order valence-electron chi connectivity index (χ4n) is 3.98. The first-order valence-corrected chi connectivity index (χ1v) is 9.11. The number of hydrogen-bond donors (Lipinski definition) is 2. The van der Waals surface area contributed by atoms with E-state index < -0.39 is 0 Å². The van der Waals surface area contributed by atoms with Gasteiger partial charge in [0.05, 0.1) is 24.5 Å². The number of rotatable bonds is 4. The Kier molecular flexibility index (Phi) is 4.40. The van der Waals surface area contributed by atoms with Crippen molar-refractivity contribution < 1.29 is 4.79 Å². The second kappa shape index (κ2) is 6.74. The van der Waals surface area contributed by atoms with Crippen molar-refractivity contribution in [2.24, 2.45) is 11.3 Å². The highest BCUT2D eigenvalue weighted by Crippen LogP contribution is 2.44. The summed E-state index contributed by atoms with van der Waals surface area (Å²) in [7, 11) is 0. The first-order chi connectivity index (χ1) is 13.0. The highest BCUT2D eigenvalue weighted by atomic mass is 35.5. The molecule has 2 saturated heterocycles. The lowest BCUT2D eigenvalue weighted by Gasteiger charge is -2.26. The van der Waals surface area contributed by atoms with E-state index in [1.165, 1.54) is 0 Å². The predicted octanol–water partition coefficient (Wildman–Crippen LogP) is 1.90. The minimum Gasteiger partial charge on any atom is -0.354 e. The number of aromatic nitrogens is 4. The lowest BCUT2D eigenvalue weighted by molar-refractivity contribution is -0.129. The van der Waals surface area contributed by atoms with Crippen LogP contribution in [-0.4, -0.2) is 57.2 Å². The highest BCUT2D eigenvalue weighted by Gasteiger charge is 2.50. The maximum Gasteiger partial charge on any atom is 0.234 e. The lowest BCUT2D eigenvalue weighted by atomic mass is 9.83. The van der Waals surface area contributed by atoms with Crippen LogP contribution in [0.3, 0.4) is 0 Å². The van der Waals surface area contributed by atoms with Gasteiger partial charge in [0.2, 0.25) is 11.9 Å². The quantitative estimate of drug-likeness (QED) is 0.781. The van der Waals surface area contributed by atoms with Gasteiger partial charge in [0.25, 0.3) is 0 Å². The summed E-state index contributed by atoms with van der Waals surface area (Å²) in [5, 5.41) is 10.2. The number of nitrogens with zero attached hydrogens (tertiary/aromatic N) is 5. The van der Waals surface area contributed by atoms with Crippen molar-refractivity contribution >= 4 is 35.0 Å². The number of nitrogens with one attached hydrogen (secondary N) is 2. The van der Waals surface area contributed by atoms with Gasteiger partial charge in [0.1, 0.15) is 5.02 Å². The molecule has 0 spiro atoms. The van der Waals surface area contributed by atoms with E-state index in [4.69, 9.17) is 18.0 Å². The van der Waals surface area contributed by atoms with Gasteiger partial charge in [-0.3, -0.25) is 9.89 Å². The standard InChI is InChI=1S/C18H20ClN7O/c1-3-4-15(27)25-8-12-9-26(11-18(12,2)10-25)16-14(19)7-20-17(24-16)23-13-5-21-22-6-13/h1,5-7,12H,4,8-11H2,2H3,(H,21,22)(H,20,23,24)/t12-,18+/m0/s1. The highest BCUT2D eigenvalue weighted by molar-refractivity contribution is 6.32. The number of terminal acetylenes is 1. The number of anilines is 3. The van der Waals surface area contributed by atoms with Gasteiger partial charge in [0, 0.05) is 43.7 Å². The Labute approximate surface area is 162 Å². The molecule has 0 saturated carbocycles. The van der Waals surface area contributed by atoms with Gasteiger partial charge in [-0.1, -0.05) is 24.4 Å². The molecule has 9 heteroatoms. The van der Waals surface area contributed by atoms with Crippen molar-refractivity contribution in [3.05, 3.63) is 23.6 Å². The van der Waals surface area contributed by atoms with Crippen molar-refractivity contribution in [3.8, 4) is 12.3 Å². The zero-order chi connectivity index (χ0) is 19.0. The van der Waals surface area contributed by atoms with Crippen LogP contribution in [0.15, 0.2) is 18.6 Å². The molecule has 2 N–H and O–H groups in total. The minimum atomic E-state index is -0.00329. The first kappa shape index (κ1) is 17.6. The second-order valence-corrected chi connectivity index (χ2v) is 7.77. The summed E-state index contributed by atoms with van der Waals surface area (Å²) >= 11 is 6.38. The van der Waals surface area contributed by atoms with Crippen molar-refractivity contribution in [3.63, 3.8) is 0 Å². The average molecular weight is 386 g/mol. The summed E-state index contributed by atoms with van der Waals surface area (Å²) in [6.07, 6.45) is 10.4. The molecule has 2 aromatic rings. The van der Waals surface area contributed by atoms with E-state index >= 15 is 0 Å². The second-order valence-electron chi connectivity index (χ2n) is 7.36. The summed E-state index contributed by atoms with van der Waals surface area (Å²) in [6, 6.07) is 0. The molecular weight excluding hydrogens is 366 g/mol. The number of aromatic amines is 1. The van der Waals surface area contributed by atoms with Gasteiger partial charge in [0.15, 0.2) is 5.82 Å². The molecule has 4 rings (SSSR count). The summed E-state index contributed by atoms with van der Waals surface area (Å²) < 4.78 is 0. The van der Waals surface area contributed by atoms with Gasteiger partial charge < -0.3 is 15.1 Å². The molecule has 2 aromatic heterocycles. The predicted molar refractivity (Wildman–Crippen MR) is 103 cm³/mol. The number of carbonyl (C=O) groups excluding carboxylic acids is 1. The lowest BCUT2D eigenvalue weighted by Crippen LogP contribution is -2.35. The third-order valence-electron chi connectivity index (χ3n) is 5.36. The summed E-state index contributed by atoms with van der Waals surface area (Å²) in [6.45, 7) is 5.20. The van der Waals surface area contributed by atoms with Crippen LogP contribution in [0.2, 0.25) is 5.02 Å². The van der Waals surface area contributed by atoms with Gasteiger partial charge in [-0.2, -0.15) is 10.1 Å². The molecule has 0 radical (unpaired) electrons. The Hall–Kier alpha value is -2.79. The van der Waals surface area contributed by atoms with Crippen molar-refractivity contribution in [2.45, 2.75) is 13.3 Å². The number of hydrogen-bond acceptors (Lipinski definition) is 6. The third kappa shape index (κ3) is 3.30. The molecule has 2 aliphatic rings. The zero-order valence-electron chi connectivity index (χ0n) is 14.9. The molecule has 2 aliphatic heterocycles. The Morgan fingerprint density at radius 2 is 2.33 bits per heavy atom. The van der Waals surface area contributed by atoms with Crippen LogP contribution in [0.5, 0.6) is 0 Å². The van der Waals surface area contributed by atoms with Crippen molar-refractivity contribution in [2.75, 3.05) is 36.4 Å². The van der Waals surface area contributed by atoms with Crippen LogP contribution in [0, 0.1) is 23.7 Å². The van der Waals surface area contributed by atoms with Crippen molar-refractivity contribution in [1.29, 1.82) is 0 Å². The van der Waals surface area contributed by atoms with E-state index in [2.05, 4.69) is 43.2 Å². The van der Waals surface area contributed by atoms with Crippen LogP contribution in [0.4, 0.5) is 17.5 Å². The minimum absolute atomic E-state index is 0.00329. The fourth-order valence-corrected chi connectivity index (χ4v) is 4.19. The van der Waals surface area contributed by atoms with E-state index in [1.54, 1.807) is 18.6 Å². The van der Waals surface area contributed by atoms with E-state index in [0.29, 0.717) is 29.3 Å². The van der Waals surface area contributed by atoms with Crippen LogP contribution in [0.25, 0.3) is 0 Å². The number of halogens is 1. The van der Waals surface area contributed by atoms with Gasteiger partial charge >= 0.3 is 0 Å². The number of carbonyl (C=O) groups is 1. The maximum absolute atomic E-state index is 12.1. The third-order valence-corrected chi connectivity index (χ3v) is 5.62. The molecule has 0 bridgehead atoms. The Morgan fingerprint density at radius 1 is 1.48 bits per heavy atom. The number of fused-ring (bicyclic) bond motifs is 1. The van der Waals surface area contributed by atoms with Crippen LogP contribution < -0.4 is 10.2 Å². The molecule has 4 heterocycles. The van der Waals surface area contributed by atoms with Gasteiger partial charge in [-0.25, -0.2) is 4.98 Å². The van der Waals surface area contributed by atoms with E-state index in [-0.39, 0.29) is 17.7 Å². The van der Waals surface area contributed by atoms with E-state index in [9.17, 15) is 4.79 Å². The molecule has 8 nitrogen and oxygen atoms in total. The molecule has 0 unspecified atom stereocenters. The van der Waals surface area contributed by atoms with E-state index in [1.807, 2.05) is 4.90 Å². The van der Waals surface area contributed by atoms with Crippen LogP contribution in [0.1, 0.15) is 13.3 Å². The van der Waals surface area contributed by atoms with Gasteiger partial charge in [-0.05, 0) is 0 Å². The Morgan fingerprint density at radius 3 is 3.04 bits per heavy atom. The monoisotopic (exact) mass is 385 g/mol. The summed E-state index contributed by atoms with van der Waals surface area (Å²) in [5.41, 5.74) is 0.771. The SMILES string of the molecule is C#CCC(=O)N1C[C@H]2CN(c3nc(Nc4cn[nH]c4)ncc3Cl)C[C@@]2(C)C1. The number of likely N-dealkylation sites (tertiary alicyclic amines) is 1. The summed E-state index contributed by atoms with van der Waals surface area (Å²) in [5.74, 6) is 4.00. The molecule has 27 heavy (non-hydrogen) atoms. The molecular formula is C18H20ClN7O. The van der Waals surface area contributed by atoms with Crippen molar-refractivity contribution in [1.82, 2.24) is 25.1 Å².